The van der Waals surface area contributed by atoms with Crippen molar-refractivity contribution in [2.45, 2.75) is 32.6 Å². The summed E-state index contributed by atoms with van der Waals surface area (Å²) in [6.07, 6.45) is 0. The van der Waals surface area contributed by atoms with Crippen LogP contribution >= 0.6 is 0 Å². The third-order valence-corrected chi connectivity index (χ3v) is 4.74. The predicted molar refractivity (Wildman–Crippen MR) is 99.9 cm³/mol. The number of carbonyl (C=O) groups excluding carboxylic acids is 1. The van der Waals surface area contributed by atoms with Crippen LogP contribution in [0, 0.1) is 13.8 Å². The van der Waals surface area contributed by atoms with E-state index in [2.05, 4.69) is 15.5 Å². The summed E-state index contributed by atoms with van der Waals surface area (Å²) in [5, 5.41) is 9.38. The number of hydrogen-bond donors (Lipinski definition) is 3. The van der Waals surface area contributed by atoms with Gasteiger partial charge in [0.15, 0.2) is 0 Å². The molecule has 0 saturated carbocycles. The van der Waals surface area contributed by atoms with Crippen molar-refractivity contribution in [2.75, 3.05) is 12.0 Å². The predicted octanol–water partition coefficient (Wildman–Crippen LogP) is 2.29. The molecule has 1 heterocycles. The van der Waals surface area contributed by atoms with E-state index in [1.165, 1.54) is 12.1 Å². The number of aromatic nitrogens is 1. The SMILES string of the molecule is CCOC(=O)c1[nH]c(C)c(/C(C)=N/Nc2ccc(S(N)(=O)=O)cc2)c1C. The molecule has 0 spiro atoms. The number of aryl methyl sites for hydroxylation is 1. The van der Waals surface area contributed by atoms with E-state index in [0.29, 0.717) is 23.7 Å². The summed E-state index contributed by atoms with van der Waals surface area (Å²) in [4.78, 5) is 15.0. The van der Waals surface area contributed by atoms with Crippen LogP contribution in [0.5, 0.6) is 0 Å². The molecular weight excluding hydrogens is 356 g/mol. The fourth-order valence-corrected chi connectivity index (χ4v) is 3.14. The highest BCUT2D eigenvalue weighted by Crippen LogP contribution is 2.20. The molecule has 0 aliphatic heterocycles. The summed E-state index contributed by atoms with van der Waals surface area (Å²) in [6.45, 7) is 7.54. The first kappa shape index (κ1) is 19.7. The van der Waals surface area contributed by atoms with E-state index in [0.717, 1.165) is 16.8 Å². The molecule has 8 nitrogen and oxygen atoms in total. The highest BCUT2D eigenvalue weighted by molar-refractivity contribution is 7.89. The van der Waals surface area contributed by atoms with Gasteiger partial charge < -0.3 is 9.72 Å². The van der Waals surface area contributed by atoms with Gasteiger partial charge in [-0.25, -0.2) is 18.4 Å². The van der Waals surface area contributed by atoms with Gasteiger partial charge in [-0.3, -0.25) is 5.43 Å². The second-order valence-corrected chi connectivity index (χ2v) is 7.29. The average Bonchev–Trinajstić information content (AvgIpc) is 2.87. The van der Waals surface area contributed by atoms with Crippen LogP contribution in [0.3, 0.4) is 0 Å². The van der Waals surface area contributed by atoms with E-state index in [4.69, 9.17) is 9.88 Å². The summed E-state index contributed by atoms with van der Waals surface area (Å²) in [5.74, 6) is -0.404. The van der Waals surface area contributed by atoms with Crippen molar-refractivity contribution in [2.24, 2.45) is 10.2 Å². The Morgan fingerprint density at radius 3 is 2.42 bits per heavy atom. The number of nitrogens with zero attached hydrogens (tertiary/aromatic N) is 1. The van der Waals surface area contributed by atoms with Gasteiger partial charge in [-0.05, 0) is 57.5 Å². The van der Waals surface area contributed by atoms with E-state index >= 15 is 0 Å². The molecule has 0 amide bonds. The van der Waals surface area contributed by atoms with Crippen molar-refractivity contribution in [3.05, 3.63) is 46.8 Å². The Hall–Kier alpha value is -2.65. The number of sulfonamides is 1. The van der Waals surface area contributed by atoms with Crippen LogP contribution in [0.4, 0.5) is 5.69 Å². The number of hydrazone groups is 1. The van der Waals surface area contributed by atoms with E-state index in [9.17, 15) is 13.2 Å². The Morgan fingerprint density at radius 2 is 1.88 bits per heavy atom. The molecule has 4 N–H and O–H groups in total. The van der Waals surface area contributed by atoms with Gasteiger partial charge in [0.05, 0.1) is 22.9 Å². The maximum absolute atomic E-state index is 12.0. The first-order valence-corrected chi connectivity index (χ1v) is 9.49. The summed E-state index contributed by atoms with van der Waals surface area (Å²) < 4.78 is 27.6. The number of esters is 1. The molecule has 0 aliphatic carbocycles. The van der Waals surface area contributed by atoms with Crippen molar-refractivity contribution in [1.29, 1.82) is 0 Å². The van der Waals surface area contributed by atoms with Crippen molar-refractivity contribution >= 4 is 27.4 Å². The lowest BCUT2D eigenvalue weighted by Gasteiger charge is -2.06. The number of primary sulfonamides is 1. The van der Waals surface area contributed by atoms with Crippen molar-refractivity contribution in [1.82, 2.24) is 4.98 Å². The zero-order valence-corrected chi connectivity index (χ0v) is 15.9. The van der Waals surface area contributed by atoms with Crippen LogP contribution < -0.4 is 10.6 Å². The molecule has 2 rings (SSSR count). The zero-order chi connectivity index (χ0) is 19.5. The van der Waals surface area contributed by atoms with E-state index in [-0.39, 0.29) is 4.90 Å². The number of aromatic amines is 1. The van der Waals surface area contributed by atoms with Gasteiger partial charge in [-0.15, -0.1) is 0 Å². The van der Waals surface area contributed by atoms with Crippen molar-refractivity contribution < 1.29 is 17.9 Å². The second-order valence-electron chi connectivity index (χ2n) is 5.72. The molecule has 0 atom stereocenters. The molecular formula is C17H22N4O4S. The number of ether oxygens (including phenoxy) is 1. The smallest absolute Gasteiger partial charge is 0.355 e. The minimum absolute atomic E-state index is 0.0279. The molecule has 0 saturated heterocycles. The quantitative estimate of drug-likeness (QED) is 0.404. The highest BCUT2D eigenvalue weighted by atomic mass is 32.2. The Balaban J connectivity index is 2.23. The Morgan fingerprint density at radius 1 is 1.27 bits per heavy atom. The summed E-state index contributed by atoms with van der Waals surface area (Å²) in [6, 6.07) is 5.93. The summed E-state index contributed by atoms with van der Waals surface area (Å²) >= 11 is 0. The van der Waals surface area contributed by atoms with Gasteiger partial charge in [0.25, 0.3) is 0 Å². The largest absolute Gasteiger partial charge is 0.461 e. The van der Waals surface area contributed by atoms with Crippen LogP contribution in [0.1, 0.15) is 41.2 Å². The van der Waals surface area contributed by atoms with E-state index < -0.39 is 16.0 Å². The second kappa shape index (κ2) is 7.71. The fraction of sp³-hybridized carbons (Fsp3) is 0.294. The summed E-state index contributed by atoms with van der Waals surface area (Å²) in [5.41, 5.74) is 6.93. The first-order chi connectivity index (χ1) is 12.1. The molecule has 140 valence electrons. The van der Waals surface area contributed by atoms with Gasteiger partial charge in [0.2, 0.25) is 10.0 Å². The molecule has 9 heteroatoms. The molecule has 1 aromatic heterocycles. The topological polar surface area (TPSA) is 127 Å². The molecule has 0 fully saturated rings. The molecule has 0 bridgehead atoms. The van der Waals surface area contributed by atoms with Crippen molar-refractivity contribution in [3.8, 4) is 0 Å². The Kier molecular flexibility index (Phi) is 5.83. The first-order valence-electron chi connectivity index (χ1n) is 7.95. The van der Waals surface area contributed by atoms with Gasteiger partial charge in [0, 0.05) is 11.3 Å². The number of H-pyrrole nitrogens is 1. The lowest BCUT2D eigenvalue weighted by atomic mass is 10.1. The lowest BCUT2D eigenvalue weighted by molar-refractivity contribution is 0.0519. The van der Waals surface area contributed by atoms with Crippen LogP contribution in [-0.4, -0.2) is 31.7 Å². The third-order valence-electron chi connectivity index (χ3n) is 3.81. The van der Waals surface area contributed by atoms with Gasteiger partial charge in [0.1, 0.15) is 5.69 Å². The number of nitrogens with two attached hydrogens (primary N) is 1. The molecule has 0 aliphatic rings. The molecule has 1 aromatic carbocycles. The third kappa shape index (κ3) is 4.30. The maximum Gasteiger partial charge on any atom is 0.355 e. The normalized spacial score (nSPS) is 12.1. The molecule has 0 radical (unpaired) electrons. The highest BCUT2D eigenvalue weighted by Gasteiger charge is 2.19. The summed E-state index contributed by atoms with van der Waals surface area (Å²) in [7, 11) is -3.73. The van der Waals surface area contributed by atoms with E-state index in [1.54, 1.807) is 19.1 Å². The molecule has 0 unspecified atom stereocenters. The number of rotatable bonds is 6. The number of carbonyl (C=O) groups is 1. The number of anilines is 1. The Labute approximate surface area is 152 Å². The van der Waals surface area contributed by atoms with Gasteiger partial charge in [-0.1, -0.05) is 0 Å². The van der Waals surface area contributed by atoms with E-state index in [1.807, 2.05) is 20.8 Å². The lowest BCUT2D eigenvalue weighted by Crippen LogP contribution is -2.11. The van der Waals surface area contributed by atoms with Crippen LogP contribution in [-0.2, 0) is 14.8 Å². The monoisotopic (exact) mass is 378 g/mol. The van der Waals surface area contributed by atoms with Crippen LogP contribution in [0.2, 0.25) is 0 Å². The fourth-order valence-electron chi connectivity index (χ4n) is 2.62. The minimum Gasteiger partial charge on any atom is -0.461 e. The van der Waals surface area contributed by atoms with Gasteiger partial charge in [-0.2, -0.15) is 5.10 Å². The van der Waals surface area contributed by atoms with Crippen LogP contribution in [0.25, 0.3) is 0 Å². The van der Waals surface area contributed by atoms with Crippen LogP contribution in [0.15, 0.2) is 34.3 Å². The zero-order valence-electron chi connectivity index (χ0n) is 15.1. The number of benzene rings is 1. The van der Waals surface area contributed by atoms with Gasteiger partial charge >= 0.3 is 5.97 Å². The Bertz CT molecular complexity index is 944. The molecule has 26 heavy (non-hydrogen) atoms. The minimum atomic E-state index is -3.73. The number of hydrogen-bond acceptors (Lipinski definition) is 6. The average molecular weight is 378 g/mol. The standard InChI is InChI=1S/C17H22N4O4S/c1-5-25-17(22)16-10(2)15(11(3)19-16)12(4)20-21-13-6-8-14(9-7-13)26(18,23)24/h6-9,19,21H,5H2,1-4H3,(H2,18,23,24)/b20-12+. The molecule has 2 aromatic rings. The number of nitrogens with one attached hydrogen (secondary N) is 2. The maximum atomic E-state index is 12.0. The van der Waals surface area contributed by atoms with Crippen molar-refractivity contribution in [3.63, 3.8) is 0 Å².